The molecule has 0 atom stereocenters. The van der Waals surface area contributed by atoms with E-state index in [4.69, 9.17) is 19.0 Å². The second-order valence-corrected chi connectivity index (χ2v) is 3.61. The fraction of sp³-hybridized carbons (Fsp3) is 0.636. The zero-order valence-electron chi connectivity index (χ0n) is 8.65. The Morgan fingerprint density at radius 1 is 1.27 bits per heavy atom. The molecule has 2 heterocycles. The molecule has 0 aromatic carbocycles. The van der Waals surface area contributed by atoms with Gasteiger partial charge in [0.2, 0.25) is 5.79 Å². The van der Waals surface area contributed by atoms with Crippen LogP contribution in [0.15, 0.2) is 22.8 Å². The molecule has 1 aliphatic rings. The van der Waals surface area contributed by atoms with Crippen molar-refractivity contribution in [2.24, 2.45) is 0 Å². The number of aliphatic hydroxyl groups excluding tert-OH is 1. The quantitative estimate of drug-likeness (QED) is 0.754. The standard InChI is InChI=1S/C11H16O4/c12-6-2-1-5-11(14-8-9-15-11)10-4-3-7-13-10/h3-4,7,12H,1-2,5-6,8-9H2. The van der Waals surface area contributed by atoms with Crippen LogP contribution in [0.4, 0.5) is 0 Å². The van der Waals surface area contributed by atoms with E-state index in [1.165, 1.54) is 0 Å². The van der Waals surface area contributed by atoms with Gasteiger partial charge in [-0.05, 0) is 25.0 Å². The van der Waals surface area contributed by atoms with Crippen LogP contribution in [-0.2, 0) is 15.3 Å². The van der Waals surface area contributed by atoms with E-state index in [1.54, 1.807) is 6.26 Å². The van der Waals surface area contributed by atoms with E-state index in [0.717, 1.165) is 25.0 Å². The predicted molar refractivity (Wildman–Crippen MR) is 53.2 cm³/mol. The van der Waals surface area contributed by atoms with Gasteiger partial charge in [0.25, 0.3) is 0 Å². The molecule has 1 aromatic rings. The zero-order valence-corrected chi connectivity index (χ0v) is 8.65. The minimum Gasteiger partial charge on any atom is -0.464 e. The van der Waals surface area contributed by atoms with Gasteiger partial charge in [-0.2, -0.15) is 0 Å². The Hall–Kier alpha value is -0.840. The van der Waals surface area contributed by atoms with Crippen LogP contribution in [0.2, 0.25) is 0 Å². The van der Waals surface area contributed by atoms with Gasteiger partial charge in [0, 0.05) is 13.0 Å². The number of aliphatic hydroxyl groups is 1. The molecule has 1 aliphatic heterocycles. The molecule has 4 nitrogen and oxygen atoms in total. The number of hydrogen-bond donors (Lipinski definition) is 1. The summed E-state index contributed by atoms with van der Waals surface area (Å²) in [5.41, 5.74) is 0. The van der Waals surface area contributed by atoms with Gasteiger partial charge in [0.15, 0.2) is 5.76 Å². The summed E-state index contributed by atoms with van der Waals surface area (Å²) < 4.78 is 16.6. The van der Waals surface area contributed by atoms with Crippen molar-refractivity contribution in [1.82, 2.24) is 0 Å². The third-order valence-electron chi connectivity index (χ3n) is 2.56. The number of hydrogen-bond acceptors (Lipinski definition) is 4. The fourth-order valence-corrected chi connectivity index (χ4v) is 1.83. The van der Waals surface area contributed by atoms with Crippen molar-refractivity contribution >= 4 is 0 Å². The Morgan fingerprint density at radius 3 is 2.67 bits per heavy atom. The highest BCUT2D eigenvalue weighted by Crippen LogP contribution is 2.36. The SMILES string of the molecule is OCCCCC1(c2ccco2)OCCO1. The van der Waals surface area contributed by atoms with E-state index in [0.29, 0.717) is 13.2 Å². The monoisotopic (exact) mass is 212 g/mol. The lowest BCUT2D eigenvalue weighted by Crippen LogP contribution is -2.26. The van der Waals surface area contributed by atoms with Crippen molar-refractivity contribution < 1.29 is 19.0 Å². The van der Waals surface area contributed by atoms with E-state index in [1.807, 2.05) is 12.1 Å². The largest absolute Gasteiger partial charge is 0.464 e. The summed E-state index contributed by atoms with van der Waals surface area (Å²) in [6.45, 7) is 1.40. The molecule has 4 heteroatoms. The Kier molecular flexibility index (Phi) is 3.41. The van der Waals surface area contributed by atoms with Crippen LogP contribution in [0.3, 0.4) is 0 Å². The minimum atomic E-state index is -0.710. The fourth-order valence-electron chi connectivity index (χ4n) is 1.83. The molecule has 1 saturated heterocycles. The number of unbranched alkanes of at least 4 members (excludes halogenated alkanes) is 1. The Morgan fingerprint density at radius 2 is 2.07 bits per heavy atom. The molecule has 0 bridgehead atoms. The van der Waals surface area contributed by atoms with Crippen LogP contribution in [0.5, 0.6) is 0 Å². The highest BCUT2D eigenvalue weighted by Gasteiger charge is 2.40. The summed E-state index contributed by atoms with van der Waals surface area (Å²) in [6, 6.07) is 3.69. The smallest absolute Gasteiger partial charge is 0.228 e. The van der Waals surface area contributed by atoms with Crippen molar-refractivity contribution in [3.63, 3.8) is 0 Å². The molecular weight excluding hydrogens is 196 g/mol. The van der Waals surface area contributed by atoms with Crippen LogP contribution in [-0.4, -0.2) is 24.9 Å². The van der Waals surface area contributed by atoms with Crippen molar-refractivity contribution in [2.45, 2.75) is 25.0 Å². The summed E-state index contributed by atoms with van der Waals surface area (Å²) in [5, 5.41) is 8.75. The molecule has 1 aromatic heterocycles. The second kappa shape index (κ2) is 4.79. The van der Waals surface area contributed by atoms with E-state index >= 15 is 0 Å². The average molecular weight is 212 g/mol. The first kappa shape index (κ1) is 10.7. The summed E-state index contributed by atoms with van der Waals surface area (Å²) in [6.07, 6.45) is 3.96. The van der Waals surface area contributed by atoms with Crippen LogP contribution in [0.1, 0.15) is 25.0 Å². The molecular formula is C11H16O4. The second-order valence-electron chi connectivity index (χ2n) is 3.61. The maximum absolute atomic E-state index is 8.75. The van der Waals surface area contributed by atoms with Gasteiger partial charge >= 0.3 is 0 Å². The van der Waals surface area contributed by atoms with Crippen molar-refractivity contribution in [3.05, 3.63) is 24.2 Å². The van der Waals surface area contributed by atoms with E-state index in [-0.39, 0.29) is 6.61 Å². The highest BCUT2D eigenvalue weighted by molar-refractivity contribution is 5.07. The van der Waals surface area contributed by atoms with Gasteiger partial charge in [-0.3, -0.25) is 0 Å². The van der Waals surface area contributed by atoms with Gasteiger partial charge in [-0.15, -0.1) is 0 Å². The molecule has 1 fully saturated rings. The van der Waals surface area contributed by atoms with Crippen LogP contribution >= 0.6 is 0 Å². The van der Waals surface area contributed by atoms with Crippen molar-refractivity contribution in [3.8, 4) is 0 Å². The first-order chi connectivity index (χ1) is 7.37. The van der Waals surface area contributed by atoms with Crippen LogP contribution < -0.4 is 0 Å². The Labute approximate surface area is 88.8 Å². The van der Waals surface area contributed by atoms with Crippen LogP contribution in [0, 0.1) is 0 Å². The van der Waals surface area contributed by atoms with Crippen molar-refractivity contribution in [1.29, 1.82) is 0 Å². The number of rotatable bonds is 5. The molecule has 84 valence electrons. The molecule has 15 heavy (non-hydrogen) atoms. The summed E-state index contributed by atoms with van der Waals surface area (Å²) in [7, 11) is 0. The summed E-state index contributed by atoms with van der Waals surface area (Å²) >= 11 is 0. The van der Waals surface area contributed by atoms with Crippen molar-refractivity contribution in [2.75, 3.05) is 19.8 Å². The molecule has 0 amide bonds. The summed E-state index contributed by atoms with van der Waals surface area (Å²) in [4.78, 5) is 0. The third kappa shape index (κ3) is 2.22. The third-order valence-corrected chi connectivity index (χ3v) is 2.56. The normalized spacial score (nSPS) is 19.5. The van der Waals surface area contributed by atoms with Gasteiger partial charge in [0.05, 0.1) is 19.5 Å². The van der Waals surface area contributed by atoms with Gasteiger partial charge in [-0.1, -0.05) is 0 Å². The lowest BCUT2D eigenvalue weighted by molar-refractivity contribution is -0.184. The van der Waals surface area contributed by atoms with Gasteiger partial charge in [0.1, 0.15) is 0 Å². The minimum absolute atomic E-state index is 0.203. The van der Waals surface area contributed by atoms with Crippen LogP contribution in [0.25, 0.3) is 0 Å². The molecule has 1 N–H and O–H groups in total. The summed E-state index contributed by atoms with van der Waals surface area (Å²) in [5.74, 6) is 0.0107. The number of ether oxygens (including phenoxy) is 2. The highest BCUT2D eigenvalue weighted by atomic mass is 16.7. The average Bonchev–Trinajstić information content (AvgIpc) is 2.89. The molecule has 0 saturated carbocycles. The van der Waals surface area contributed by atoms with E-state index < -0.39 is 5.79 Å². The maximum Gasteiger partial charge on any atom is 0.228 e. The maximum atomic E-state index is 8.75. The van der Waals surface area contributed by atoms with E-state index in [2.05, 4.69) is 0 Å². The lowest BCUT2D eigenvalue weighted by Gasteiger charge is -2.24. The van der Waals surface area contributed by atoms with E-state index in [9.17, 15) is 0 Å². The predicted octanol–water partition coefficient (Wildman–Crippen LogP) is 1.64. The molecule has 0 spiro atoms. The molecule has 0 radical (unpaired) electrons. The van der Waals surface area contributed by atoms with Gasteiger partial charge in [-0.25, -0.2) is 0 Å². The zero-order chi connectivity index (χ0) is 10.6. The molecule has 0 unspecified atom stereocenters. The number of furan rings is 1. The molecule has 0 aliphatic carbocycles. The lowest BCUT2D eigenvalue weighted by atomic mass is 10.1. The Bertz CT molecular complexity index is 275. The van der Waals surface area contributed by atoms with Gasteiger partial charge < -0.3 is 19.0 Å². The Balaban J connectivity index is 2.04. The molecule has 2 rings (SSSR count). The first-order valence-electron chi connectivity index (χ1n) is 5.30. The first-order valence-corrected chi connectivity index (χ1v) is 5.30. The topological polar surface area (TPSA) is 51.8 Å².